The van der Waals surface area contributed by atoms with Gasteiger partial charge in [0.05, 0.1) is 0 Å². The second kappa shape index (κ2) is 20.0. The van der Waals surface area contributed by atoms with Crippen LogP contribution in [-0.4, -0.2) is 34.0 Å². The SMILES string of the molecule is [Cu].[H-].[H-].[Mg+2].[Ni].[SiH4]. The van der Waals surface area contributed by atoms with Crippen LogP contribution >= 0.6 is 0 Å². The zero-order chi connectivity index (χ0) is 0. The summed E-state index contributed by atoms with van der Waals surface area (Å²) < 4.78 is 0. The number of hydrogen-bond acceptors (Lipinski definition) is 0. The van der Waals surface area contributed by atoms with Crippen LogP contribution in [-0.2, 0) is 33.6 Å². The van der Waals surface area contributed by atoms with Gasteiger partial charge in [0.25, 0.3) is 0 Å². The van der Waals surface area contributed by atoms with E-state index in [1.165, 1.54) is 0 Å². The third-order valence-corrected chi connectivity index (χ3v) is 0. The zero-order valence-electron chi connectivity index (χ0n) is 3.32. The van der Waals surface area contributed by atoms with E-state index in [0.29, 0.717) is 0 Å². The Labute approximate surface area is 70.0 Å². The molecular formula is H6CuMgNiSi. The minimum Gasteiger partial charge on any atom is -1.00 e. The molecule has 4 heavy (non-hydrogen) atoms. The summed E-state index contributed by atoms with van der Waals surface area (Å²) in [6.45, 7) is 0. The van der Waals surface area contributed by atoms with Crippen molar-refractivity contribution in [1.82, 2.24) is 0 Å². The summed E-state index contributed by atoms with van der Waals surface area (Å²) in [5, 5.41) is 0. The van der Waals surface area contributed by atoms with Crippen molar-refractivity contribution in [2.75, 3.05) is 0 Å². The summed E-state index contributed by atoms with van der Waals surface area (Å²) in [6.07, 6.45) is 0. The first kappa shape index (κ1) is 37.6. The van der Waals surface area contributed by atoms with Gasteiger partial charge in [0.1, 0.15) is 0 Å². The fourth-order valence-electron chi connectivity index (χ4n) is 0. The monoisotopic (exact) mass is 179 g/mol. The normalized spacial score (nSPS) is 0. The summed E-state index contributed by atoms with van der Waals surface area (Å²) in [6, 6.07) is 0. The number of hydrogen-bond donors (Lipinski definition) is 0. The van der Waals surface area contributed by atoms with Crippen molar-refractivity contribution in [2.45, 2.75) is 0 Å². The molecule has 0 aliphatic rings. The minimum atomic E-state index is 0. The average Bonchev–Trinajstić information content (AvgIpc) is 0. The van der Waals surface area contributed by atoms with E-state index >= 15 is 0 Å². The number of rotatable bonds is 0. The molecule has 0 aromatic rings. The maximum absolute atomic E-state index is 0. The van der Waals surface area contributed by atoms with Gasteiger partial charge in [-0.15, -0.1) is 0 Å². The molecule has 0 aliphatic heterocycles. The van der Waals surface area contributed by atoms with E-state index in [1.807, 2.05) is 0 Å². The zero-order valence-corrected chi connectivity index (χ0v) is 4.67. The molecule has 0 nitrogen and oxygen atoms in total. The Kier molecular flexibility index (Phi) is 188. The Morgan fingerprint density at radius 2 is 1.25 bits per heavy atom. The van der Waals surface area contributed by atoms with Crippen LogP contribution in [0, 0.1) is 0 Å². The van der Waals surface area contributed by atoms with Crippen LogP contribution in [0.3, 0.4) is 0 Å². The van der Waals surface area contributed by atoms with Crippen molar-refractivity contribution in [3.63, 3.8) is 0 Å². The van der Waals surface area contributed by atoms with Crippen LogP contribution in [0.2, 0.25) is 0 Å². The molecule has 0 spiro atoms. The van der Waals surface area contributed by atoms with E-state index in [9.17, 15) is 0 Å². The molecule has 0 N–H and O–H groups in total. The molecule has 0 atom stereocenters. The summed E-state index contributed by atoms with van der Waals surface area (Å²) >= 11 is 0. The van der Waals surface area contributed by atoms with E-state index in [1.54, 1.807) is 0 Å². The Balaban J connectivity index is 0. The van der Waals surface area contributed by atoms with E-state index in [2.05, 4.69) is 0 Å². The maximum atomic E-state index is 0. The van der Waals surface area contributed by atoms with Gasteiger partial charge in [-0.25, -0.2) is 0 Å². The van der Waals surface area contributed by atoms with E-state index < -0.39 is 0 Å². The molecule has 0 bridgehead atoms. The molecule has 0 unspecified atom stereocenters. The summed E-state index contributed by atoms with van der Waals surface area (Å²) in [5.41, 5.74) is 0. The first-order valence-corrected chi connectivity index (χ1v) is 0. The van der Waals surface area contributed by atoms with Crippen LogP contribution in [0.4, 0.5) is 0 Å². The Hall–Kier alpha value is 2.00. The molecule has 0 aromatic heterocycles. The molecule has 4 heteroatoms. The van der Waals surface area contributed by atoms with Crippen LogP contribution in [0.15, 0.2) is 0 Å². The van der Waals surface area contributed by atoms with Crippen molar-refractivity contribution >= 4 is 34.0 Å². The van der Waals surface area contributed by atoms with Crippen LogP contribution in [0.1, 0.15) is 2.85 Å². The van der Waals surface area contributed by atoms with Crippen LogP contribution in [0.25, 0.3) is 0 Å². The van der Waals surface area contributed by atoms with Gasteiger partial charge in [-0.2, -0.15) is 0 Å². The quantitative estimate of drug-likeness (QED) is 0.394. The standard InChI is InChI=1S/Cu.Mg.Ni.H4Si.2H/h;;;1H4;;/q;+2;;;2*-1. The molecule has 0 aromatic carbocycles. The van der Waals surface area contributed by atoms with Crippen molar-refractivity contribution in [1.29, 1.82) is 0 Å². The predicted octanol–water partition coefficient (Wildman–Crippen LogP) is -1.61. The van der Waals surface area contributed by atoms with E-state index in [4.69, 9.17) is 0 Å². The van der Waals surface area contributed by atoms with Gasteiger partial charge in [-0.05, 0) is 11.0 Å². The fraction of sp³-hybridized carbons (Fsp3) is 0. The largest absolute Gasteiger partial charge is 2.00 e. The predicted molar refractivity (Wildman–Crippen MR) is 19.3 cm³/mol. The molecule has 0 heterocycles. The van der Waals surface area contributed by atoms with Crippen molar-refractivity contribution in [3.05, 3.63) is 0 Å². The molecule has 0 saturated heterocycles. The topological polar surface area (TPSA) is 0 Å². The molecule has 0 aliphatic carbocycles. The van der Waals surface area contributed by atoms with Crippen molar-refractivity contribution < 1.29 is 36.4 Å². The van der Waals surface area contributed by atoms with Gasteiger partial charge in [0.15, 0.2) is 0 Å². The summed E-state index contributed by atoms with van der Waals surface area (Å²) in [7, 11) is 0. The molecule has 33 valence electrons. The molecule has 0 amide bonds. The first-order valence-electron chi connectivity index (χ1n) is 0. The third-order valence-electron chi connectivity index (χ3n) is 0. The molecule has 1 radical (unpaired) electrons. The summed E-state index contributed by atoms with van der Waals surface area (Å²) in [5.74, 6) is 0. The minimum absolute atomic E-state index is 0. The van der Waals surface area contributed by atoms with E-state index in [0.717, 1.165) is 0 Å². The molecule has 0 fully saturated rings. The van der Waals surface area contributed by atoms with Gasteiger partial charge in [-0.3, -0.25) is 0 Å². The van der Waals surface area contributed by atoms with Gasteiger partial charge in [0, 0.05) is 33.6 Å². The Bertz CT molecular complexity index is 13.5. The van der Waals surface area contributed by atoms with Gasteiger partial charge in [0.2, 0.25) is 0 Å². The fourth-order valence-corrected chi connectivity index (χ4v) is 0. The maximum Gasteiger partial charge on any atom is 2.00 e. The second-order valence-electron chi connectivity index (χ2n) is 0. The molecule has 0 rings (SSSR count). The molecule has 0 saturated carbocycles. The Morgan fingerprint density at radius 1 is 1.25 bits per heavy atom. The first-order chi connectivity index (χ1) is 0. The van der Waals surface area contributed by atoms with Gasteiger partial charge in [-0.1, -0.05) is 0 Å². The summed E-state index contributed by atoms with van der Waals surface area (Å²) in [4.78, 5) is 0. The van der Waals surface area contributed by atoms with Gasteiger partial charge >= 0.3 is 23.1 Å². The smallest absolute Gasteiger partial charge is 1.00 e. The van der Waals surface area contributed by atoms with Gasteiger partial charge < -0.3 is 2.85 Å². The van der Waals surface area contributed by atoms with Crippen molar-refractivity contribution in [3.8, 4) is 0 Å². The second-order valence-corrected chi connectivity index (χ2v) is 0. The van der Waals surface area contributed by atoms with Crippen LogP contribution in [0.5, 0.6) is 0 Å². The average molecular weight is 181 g/mol. The Morgan fingerprint density at radius 3 is 1.25 bits per heavy atom. The molecular weight excluding hydrogens is 175 g/mol. The van der Waals surface area contributed by atoms with E-state index in [-0.39, 0.29) is 70.4 Å². The van der Waals surface area contributed by atoms with Crippen LogP contribution < -0.4 is 0 Å². The van der Waals surface area contributed by atoms with Crippen molar-refractivity contribution in [2.24, 2.45) is 0 Å². The third kappa shape index (κ3) is 9.00.